The average molecular weight is 549 g/mol. The van der Waals surface area contributed by atoms with Crippen LogP contribution in [-0.4, -0.2) is 10.9 Å². The molecule has 3 nitrogen and oxygen atoms in total. The maximum Gasteiger partial charge on any atom is 0.416 e. The molecule has 0 spiro atoms. The molecule has 0 aliphatic carbocycles. The molecule has 1 aromatic heterocycles. The number of nitrogens with one attached hydrogen (secondary N) is 1. The predicted molar refractivity (Wildman–Crippen MR) is 131 cm³/mol. The van der Waals surface area contributed by atoms with Gasteiger partial charge in [-0.1, -0.05) is 66.2 Å². The van der Waals surface area contributed by atoms with Crippen molar-refractivity contribution in [2.75, 3.05) is 0 Å². The van der Waals surface area contributed by atoms with Gasteiger partial charge in [0.25, 0.3) is 5.91 Å². The van der Waals surface area contributed by atoms with Gasteiger partial charge in [-0.25, -0.2) is 4.98 Å². The number of hydrogen-bond acceptors (Lipinski definition) is 2. The largest absolute Gasteiger partial charge is 0.416 e. The smallest absolute Gasteiger partial charge is 0.338 e. The summed E-state index contributed by atoms with van der Waals surface area (Å²) in [6.45, 7) is 0. The Morgan fingerprint density at radius 3 is 1.71 bits per heavy atom. The lowest BCUT2D eigenvalue weighted by Gasteiger charge is -2.37. The van der Waals surface area contributed by atoms with Crippen molar-refractivity contribution in [3.8, 4) is 0 Å². The van der Waals surface area contributed by atoms with E-state index in [9.17, 15) is 31.1 Å². The molecule has 38 heavy (non-hydrogen) atoms. The summed E-state index contributed by atoms with van der Waals surface area (Å²) in [6, 6.07) is 19.5. The van der Waals surface area contributed by atoms with Crippen molar-refractivity contribution in [2.24, 2.45) is 0 Å². The van der Waals surface area contributed by atoms with Crippen LogP contribution in [0.4, 0.5) is 26.3 Å². The van der Waals surface area contributed by atoms with E-state index < -0.39 is 34.9 Å². The molecule has 0 unspecified atom stereocenters. The minimum atomic E-state index is -4.73. The van der Waals surface area contributed by atoms with E-state index >= 15 is 0 Å². The maximum absolute atomic E-state index is 13.7. The predicted octanol–water partition coefficient (Wildman–Crippen LogP) is 7.69. The number of alkyl halides is 6. The van der Waals surface area contributed by atoms with Crippen molar-refractivity contribution in [1.82, 2.24) is 10.3 Å². The van der Waals surface area contributed by atoms with Gasteiger partial charge in [-0.05, 0) is 53.1 Å². The lowest BCUT2D eigenvalue weighted by Crippen LogP contribution is -2.49. The first-order valence-corrected chi connectivity index (χ1v) is 11.6. The fourth-order valence-electron chi connectivity index (χ4n) is 4.16. The molecule has 0 radical (unpaired) electrons. The Bertz CT molecular complexity index is 1360. The zero-order valence-electron chi connectivity index (χ0n) is 19.4. The summed E-state index contributed by atoms with van der Waals surface area (Å²) in [5, 5.41) is 2.85. The zero-order valence-corrected chi connectivity index (χ0v) is 20.2. The van der Waals surface area contributed by atoms with E-state index in [1.54, 1.807) is 30.3 Å². The molecule has 3 aromatic carbocycles. The lowest BCUT2D eigenvalue weighted by atomic mass is 9.76. The molecule has 196 valence electrons. The highest BCUT2D eigenvalue weighted by molar-refractivity contribution is 6.29. The van der Waals surface area contributed by atoms with Crippen molar-refractivity contribution in [3.05, 3.63) is 136 Å². The Hall–Kier alpha value is -3.85. The fraction of sp³-hybridized carbons (Fsp3) is 0.143. The van der Waals surface area contributed by atoms with Gasteiger partial charge in [-0.15, -0.1) is 0 Å². The molecule has 0 saturated heterocycles. The van der Waals surface area contributed by atoms with Crippen LogP contribution >= 0.6 is 11.6 Å². The van der Waals surface area contributed by atoms with Crippen molar-refractivity contribution < 1.29 is 31.1 Å². The molecule has 0 bridgehead atoms. The summed E-state index contributed by atoms with van der Waals surface area (Å²) in [7, 11) is 0. The highest BCUT2D eigenvalue weighted by Crippen LogP contribution is 2.40. The van der Waals surface area contributed by atoms with Gasteiger partial charge in [-0.2, -0.15) is 26.3 Å². The van der Waals surface area contributed by atoms with Gasteiger partial charge in [0.05, 0.1) is 22.2 Å². The molecule has 1 amide bonds. The Labute approximate surface area is 219 Å². The monoisotopic (exact) mass is 548 g/mol. The highest BCUT2D eigenvalue weighted by atomic mass is 35.5. The van der Waals surface area contributed by atoms with E-state index in [0.717, 1.165) is 36.4 Å². The van der Waals surface area contributed by atoms with E-state index in [0.29, 0.717) is 5.56 Å². The quantitative estimate of drug-likeness (QED) is 0.198. The Kier molecular flexibility index (Phi) is 7.51. The first kappa shape index (κ1) is 27.2. The topological polar surface area (TPSA) is 42.0 Å². The van der Waals surface area contributed by atoms with Crippen LogP contribution in [-0.2, 0) is 24.3 Å². The van der Waals surface area contributed by atoms with Crippen LogP contribution in [0.25, 0.3) is 0 Å². The van der Waals surface area contributed by atoms with Crippen LogP contribution in [0.5, 0.6) is 0 Å². The Balaban J connectivity index is 1.99. The minimum Gasteiger partial charge on any atom is -0.338 e. The standard InChI is InChI=1S/C28H19ClF6N2O/c29-24-13-12-19(17-36-24)25(38)37-26(16-18-6-2-1-3-7-18,20-8-4-10-22(14-20)27(30,31)32)21-9-5-11-23(15-21)28(33,34)35/h1-15,17H,16H2,(H,37,38). The van der Waals surface area contributed by atoms with Crippen LogP contribution in [0.15, 0.2) is 97.2 Å². The number of halogens is 7. The average Bonchev–Trinajstić information content (AvgIpc) is 2.88. The lowest BCUT2D eigenvalue weighted by molar-refractivity contribution is -0.138. The number of rotatable bonds is 6. The van der Waals surface area contributed by atoms with E-state index in [1.165, 1.54) is 30.5 Å². The molecule has 0 aliphatic rings. The number of carbonyl (C=O) groups is 1. The van der Waals surface area contributed by atoms with E-state index in [-0.39, 0.29) is 28.3 Å². The Morgan fingerprint density at radius 2 is 1.24 bits per heavy atom. The molecule has 1 N–H and O–H groups in total. The third-order valence-corrected chi connectivity index (χ3v) is 6.22. The summed E-state index contributed by atoms with van der Waals surface area (Å²) >= 11 is 5.81. The Morgan fingerprint density at radius 1 is 0.711 bits per heavy atom. The summed E-state index contributed by atoms with van der Waals surface area (Å²) in [6.07, 6.45) is -8.44. The molecule has 4 rings (SSSR count). The molecular formula is C28H19ClF6N2O. The van der Waals surface area contributed by atoms with Gasteiger partial charge in [-0.3, -0.25) is 4.79 Å². The van der Waals surface area contributed by atoms with Gasteiger partial charge >= 0.3 is 12.4 Å². The van der Waals surface area contributed by atoms with E-state index in [4.69, 9.17) is 11.6 Å². The molecule has 0 atom stereocenters. The first-order valence-electron chi connectivity index (χ1n) is 11.2. The van der Waals surface area contributed by atoms with Gasteiger partial charge in [0.15, 0.2) is 0 Å². The molecule has 4 aromatic rings. The molecule has 1 heterocycles. The highest BCUT2D eigenvalue weighted by Gasteiger charge is 2.41. The number of amides is 1. The van der Waals surface area contributed by atoms with Gasteiger partial charge in [0, 0.05) is 12.6 Å². The van der Waals surface area contributed by atoms with E-state index in [1.807, 2.05) is 0 Å². The van der Waals surface area contributed by atoms with Crippen LogP contribution in [0, 0.1) is 0 Å². The maximum atomic E-state index is 13.7. The van der Waals surface area contributed by atoms with Crippen molar-refractivity contribution in [1.29, 1.82) is 0 Å². The van der Waals surface area contributed by atoms with E-state index in [2.05, 4.69) is 10.3 Å². The van der Waals surface area contributed by atoms with Crippen molar-refractivity contribution in [3.63, 3.8) is 0 Å². The number of benzene rings is 3. The van der Waals surface area contributed by atoms with Gasteiger partial charge < -0.3 is 5.32 Å². The molecule has 0 saturated carbocycles. The number of carbonyl (C=O) groups excluding carboxylic acids is 1. The number of hydrogen-bond donors (Lipinski definition) is 1. The zero-order chi connectivity index (χ0) is 27.6. The van der Waals surface area contributed by atoms with Crippen LogP contribution in [0.2, 0.25) is 5.15 Å². The molecular weight excluding hydrogens is 530 g/mol. The van der Waals surface area contributed by atoms with Gasteiger partial charge in [0.2, 0.25) is 0 Å². The van der Waals surface area contributed by atoms with Crippen molar-refractivity contribution >= 4 is 17.5 Å². The second-order valence-corrected chi connectivity index (χ2v) is 8.94. The summed E-state index contributed by atoms with van der Waals surface area (Å²) in [5.74, 6) is -0.764. The number of pyridine rings is 1. The normalized spacial score (nSPS) is 12.3. The molecule has 10 heteroatoms. The van der Waals surface area contributed by atoms with Gasteiger partial charge in [0.1, 0.15) is 5.15 Å². The van der Waals surface area contributed by atoms with Crippen LogP contribution in [0.1, 0.15) is 38.2 Å². The minimum absolute atomic E-state index is 0.0192. The van der Waals surface area contributed by atoms with Crippen molar-refractivity contribution in [2.45, 2.75) is 24.3 Å². The first-order chi connectivity index (χ1) is 17.9. The number of nitrogens with zero attached hydrogens (tertiary/aromatic N) is 1. The summed E-state index contributed by atoms with van der Waals surface area (Å²) in [5.41, 5.74) is -3.37. The molecule has 0 aliphatic heterocycles. The SMILES string of the molecule is O=C(NC(Cc1ccccc1)(c1cccc(C(F)(F)F)c1)c1cccc(C(F)(F)F)c1)c1ccc(Cl)nc1. The summed E-state index contributed by atoms with van der Waals surface area (Å²) < 4.78 is 82.3. The second-order valence-electron chi connectivity index (χ2n) is 8.55. The fourth-order valence-corrected chi connectivity index (χ4v) is 4.27. The summed E-state index contributed by atoms with van der Waals surface area (Å²) in [4.78, 5) is 17.3. The van der Waals surface area contributed by atoms with Crippen LogP contribution in [0.3, 0.4) is 0 Å². The second kappa shape index (κ2) is 10.5. The third kappa shape index (κ3) is 5.99. The number of aromatic nitrogens is 1. The molecule has 0 fully saturated rings. The van der Waals surface area contributed by atoms with Crippen LogP contribution < -0.4 is 5.32 Å². The third-order valence-electron chi connectivity index (χ3n) is 5.99.